The van der Waals surface area contributed by atoms with E-state index in [2.05, 4.69) is 47.9 Å². The molecule has 0 spiro atoms. The molecule has 0 bridgehead atoms. The first-order chi connectivity index (χ1) is 21.1. The average Bonchev–Trinajstić information content (AvgIpc) is 3.78. The zero-order valence-corrected chi connectivity index (χ0v) is 26.3. The van der Waals surface area contributed by atoms with Crippen molar-refractivity contribution in [2.45, 2.75) is 49.0 Å². The van der Waals surface area contributed by atoms with Gasteiger partial charge in [0.25, 0.3) is 15.9 Å². The van der Waals surface area contributed by atoms with Crippen LogP contribution in [-0.4, -0.2) is 99.9 Å². The van der Waals surface area contributed by atoms with Gasteiger partial charge in [0, 0.05) is 66.2 Å². The van der Waals surface area contributed by atoms with Gasteiger partial charge in [0.05, 0.1) is 12.8 Å². The Morgan fingerprint density at radius 1 is 1.23 bits per heavy atom. The maximum absolute atomic E-state index is 13.9. The number of ether oxygens (including phenoxy) is 1. The average molecular weight is 659 g/mol. The predicted molar refractivity (Wildman–Crippen MR) is 162 cm³/mol. The fourth-order valence-corrected chi connectivity index (χ4v) is 9.32. The third-order valence-electron chi connectivity index (χ3n) is 7.67. The number of thiophene rings is 1. The molecule has 1 saturated heterocycles. The molecule has 2 aliphatic heterocycles. The molecular weight excluding hydrogens is 629 g/mol. The molecule has 3 aromatic heterocycles. The number of aromatic amines is 1. The van der Waals surface area contributed by atoms with E-state index in [1.165, 1.54) is 22.8 Å². The number of rotatable bonds is 7. The number of H-pyrrole nitrogens is 1. The molecule has 2 aliphatic rings. The Balaban J connectivity index is 1.23. The normalized spacial score (nSPS) is 19.1. The zero-order valence-electron chi connectivity index (χ0n) is 23.9. The lowest BCUT2D eigenvalue weighted by molar-refractivity contribution is 0.0550. The molecule has 232 valence electrons. The van der Waals surface area contributed by atoms with E-state index in [-0.39, 0.29) is 41.6 Å². The van der Waals surface area contributed by atoms with Gasteiger partial charge in [-0.3, -0.25) is 15.5 Å². The summed E-state index contributed by atoms with van der Waals surface area (Å²) in [6, 6.07) is 6.44. The van der Waals surface area contributed by atoms with E-state index in [1.807, 2.05) is 0 Å². The maximum atomic E-state index is 13.9. The number of alkyl carbamates (subject to hydrolysis) is 1. The van der Waals surface area contributed by atoms with Crippen LogP contribution in [0.15, 0.2) is 28.5 Å². The Morgan fingerprint density at radius 3 is 2.84 bits per heavy atom. The summed E-state index contributed by atoms with van der Waals surface area (Å²) in [7, 11) is -2.70. The number of amides is 2. The fourth-order valence-electron chi connectivity index (χ4n) is 5.33. The van der Waals surface area contributed by atoms with E-state index in [9.17, 15) is 18.0 Å². The highest BCUT2D eigenvalue weighted by molar-refractivity contribution is 7.91. The minimum atomic E-state index is -3.91. The maximum Gasteiger partial charge on any atom is 0.412 e. The van der Waals surface area contributed by atoms with E-state index >= 15 is 0 Å². The molecule has 18 heteroatoms. The van der Waals surface area contributed by atoms with Gasteiger partial charge in [-0.05, 0) is 53.4 Å². The number of aryl methyl sites for hydroxylation is 1. The van der Waals surface area contributed by atoms with E-state index < -0.39 is 22.2 Å². The molecule has 0 radical (unpaired) electrons. The van der Waals surface area contributed by atoms with Crippen molar-refractivity contribution < 1.29 is 22.7 Å². The number of sulfonamides is 1. The second kappa shape index (κ2) is 12.3. The van der Waals surface area contributed by atoms with E-state index in [1.54, 1.807) is 29.2 Å². The molecule has 4 aromatic rings. The number of piperazine rings is 1. The second-order valence-electron chi connectivity index (χ2n) is 10.6. The number of benzene rings is 1. The highest BCUT2D eigenvalue weighted by atomic mass is 32.2. The number of nitrogens with zero attached hydrogens (tertiary/aromatic N) is 6. The number of methoxy groups -OCH3 is 1. The SMILES string of the molecule is COC(=O)NC(=N)c1ccc2sc(S(=O)(=O)N3CCN(C(=O)c4nc5c(s4)CNC(C)C5)C(CCc4nnn[nH]4)C3)cc2c1. The van der Waals surface area contributed by atoms with E-state index in [4.69, 9.17) is 5.41 Å². The van der Waals surface area contributed by atoms with Crippen molar-refractivity contribution in [1.29, 1.82) is 5.41 Å². The molecule has 4 N–H and O–H groups in total. The monoisotopic (exact) mass is 658 g/mol. The summed E-state index contributed by atoms with van der Waals surface area (Å²) in [6.45, 7) is 3.20. The van der Waals surface area contributed by atoms with Crippen LogP contribution in [0, 0.1) is 5.41 Å². The van der Waals surface area contributed by atoms with Gasteiger partial charge < -0.3 is 15.0 Å². The quantitative estimate of drug-likeness (QED) is 0.168. The Labute approximate surface area is 260 Å². The number of carbonyl (C=O) groups is 2. The van der Waals surface area contributed by atoms with Crippen molar-refractivity contribution in [3.8, 4) is 0 Å². The molecule has 2 unspecified atom stereocenters. The molecule has 0 aliphatic carbocycles. The van der Waals surface area contributed by atoms with Crippen LogP contribution in [0.1, 0.15) is 45.1 Å². The number of thiazole rings is 1. The van der Waals surface area contributed by atoms with Gasteiger partial charge in [0.1, 0.15) is 15.9 Å². The third-order valence-corrected chi connectivity index (χ3v) is 12.2. The Kier molecular flexibility index (Phi) is 8.42. The summed E-state index contributed by atoms with van der Waals surface area (Å²) in [4.78, 5) is 32.8. The van der Waals surface area contributed by atoms with Crippen LogP contribution in [0.2, 0.25) is 0 Å². The Bertz CT molecular complexity index is 1820. The first-order valence-corrected chi connectivity index (χ1v) is 16.9. The first kappa shape index (κ1) is 30.2. The molecule has 2 amide bonds. The number of aromatic nitrogens is 5. The highest BCUT2D eigenvalue weighted by Crippen LogP contribution is 2.33. The second-order valence-corrected chi connectivity index (χ2v) is 14.9. The summed E-state index contributed by atoms with van der Waals surface area (Å²) < 4.78 is 34.7. The van der Waals surface area contributed by atoms with Crippen molar-refractivity contribution in [3.63, 3.8) is 0 Å². The van der Waals surface area contributed by atoms with Crippen molar-refractivity contribution in [2.75, 3.05) is 26.7 Å². The molecule has 0 saturated carbocycles. The van der Waals surface area contributed by atoms with Gasteiger partial charge in [-0.1, -0.05) is 0 Å². The molecule has 15 nitrogen and oxygen atoms in total. The number of hydrogen-bond acceptors (Lipinski definition) is 13. The summed E-state index contributed by atoms with van der Waals surface area (Å²) in [5.74, 6) is 0.189. The fraction of sp³-hybridized carbons (Fsp3) is 0.423. The molecule has 5 heterocycles. The van der Waals surface area contributed by atoms with Gasteiger partial charge in [0.15, 0.2) is 5.01 Å². The van der Waals surface area contributed by atoms with Crippen molar-refractivity contribution in [1.82, 2.24) is 45.4 Å². The summed E-state index contributed by atoms with van der Waals surface area (Å²) in [5, 5.41) is 28.8. The van der Waals surface area contributed by atoms with Crippen LogP contribution in [0.4, 0.5) is 4.79 Å². The topological polar surface area (TPSA) is 199 Å². The van der Waals surface area contributed by atoms with Crippen LogP contribution >= 0.6 is 22.7 Å². The Hall–Kier alpha value is -3.84. The van der Waals surface area contributed by atoms with Crippen LogP contribution < -0.4 is 10.6 Å². The summed E-state index contributed by atoms with van der Waals surface area (Å²) >= 11 is 2.52. The zero-order chi connectivity index (χ0) is 31.0. The summed E-state index contributed by atoms with van der Waals surface area (Å²) in [6.07, 6.45) is 0.870. The summed E-state index contributed by atoms with van der Waals surface area (Å²) in [5.41, 5.74) is 1.35. The number of tetrazole rings is 1. The molecule has 44 heavy (non-hydrogen) atoms. The number of fused-ring (bicyclic) bond motifs is 2. The van der Waals surface area contributed by atoms with Crippen molar-refractivity contribution in [3.05, 3.63) is 51.2 Å². The largest absolute Gasteiger partial charge is 0.453 e. The number of nitrogens with one attached hydrogen (secondary N) is 4. The Morgan fingerprint density at radius 2 is 2.07 bits per heavy atom. The molecule has 2 atom stereocenters. The molecule has 6 rings (SSSR count). The van der Waals surface area contributed by atoms with Crippen LogP contribution in [-0.2, 0) is 34.1 Å². The third kappa shape index (κ3) is 6.07. The highest BCUT2D eigenvalue weighted by Gasteiger charge is 2.38. The smallest absolute Gasteiger partial charge is 0.412 e. The van der Waals surface area contributed by atoms with Crippen molar-refractivity contribution in [2.24, 2.45) is 0 Å². The molecular formula is C26H30N10O5S3. The van der Waals surface area contributed by atoms with Crippen molar-refractivity contribution >= 4 is 60.6 Å². The molecule has 1 fully saturated rings. The number of hydrogen-bond donors (Lipinski definition) is 4. The first-order valence-electron chi connectivity index (χ1n) is 13.9. The van der Waals surface area contributed by atoms with E-state index in [0.717, 1.165) is 33.0 Å². The van der Waals surface area contributed by atoms with Gasteiger partial charge in [-0.2, -0.15) is 4.31 Å². The van der Waals surface area contributed by atoms with Gasteiger partial charge >= 0.3 is 6.09 Å². The lowest BCUT2D eigenvalue weighted by atomic mass is 10.1. The standard InChI is InChI=1S/C26H30N10O5S3/c1-14-9-18-20(12-28-14)43-24(29-18)25(37)36-8-7-35(13-17(36)4-6-21-31-33-34-32-21)44(39,40)22-11-16-10-15(3-5-19(16)42-22)23(27)30-26(38)41-2/h3,5,10-11,14,17,28H,4,6-9,12-13H2,1-2H3,(H2,27,30,38)(H,31,32,33,34). The van der Waals surface area contributed by atoms with Gasteiger partial charge in [0.2, 0.25) is 0 Å². The lowest BCUT2D eigenvalue weighted by Crippen LogP contribution is -2.56. The van der Waals surface area contributed by atoms with Gasteiger partial charge in [-0.25, -0.2) is 23.3 Å². The van der Waals surface area contributed by atoms with Gasteiger partial charge in [-0.15, -0.1) is 27.8 Å². The predicted octanol–water partition coefficient (Wildman–Crippen LogP) is 1.73. The lowest BCUT2D eigenvalue weighted by Gasteiger charge is -2.40. The van der Waals surface area contributed by atoms with Crippen LogP contribution in [0.5, 0.6) is 0 Å². The molecule has 1 aromatic carbocycles. The van der Waals surface area contributed by atoms with Crippen LogP contribution in [0.3, 0.4) is 0 Å². The minimum absolute atomic E-state index is 0.104. The van der Waals surface area contributed by atoms with Crippen LogP contribution in [0.25, 0.3) is 10.1 Å². The van der Waals surface area contributed by atoms with E-state index in [0.29, 0.717) is 41.2 Å². The number of carbonyl (C=O) groups excluding carboxylic acids is 2. The number of amidine groups is 1. The minimum Gasteiger partial charge on any atom is -0.453 e.